The van der Waals surface area contributed by atoms with E-state index in [1.54, 1.807) is 19.1 Å². The van der Waals surface area contributed by atoms with Gasteiger partial charge in [0.2, 0.25) is 5.91 Å². The Kier molecular flexibility index (Phi) is 5.09. The molecule has 2 N–H and O–H groups in total. The molecule has 1 rings (SSSR count). The van der Waals surface area contributed by atoms with Crippen LogP contribution in [0.25, 0.3) is 0 Å². The molecule has 6 heteroatoms. The molecule has 92 valence electrons. The number of rotatable bonds is 5. The number of anilines is 1. The molecule has 0 aliphatic rings. The van der Waals surface area contributed by atoms with Crippen LogP contribution in [0.5, 0.6) is 0 Å². The third-order valence-electron chi connectivity index (χ3n) is 2.07. The van der Waals surface area contributed by atoms with Crippen molar-refractivity contribution in [2.24, 2.45) is 5.92 Å². The molecular weight excluding hydrogens is 288 g/mol. The molecule has 1 aromatic heterocycles. The van der Waals surface area contributed by atoms with Crippen molar-refractivity contribution in [3.63, 3.8) is 0 Å². The van der Waals surface area contributed by atoms with E-state index < -0.39 is 5.97 Å². The van der Waals surface area contributed by atoms with Crippen LogP contribution in [0, 0.1) is 5.92 Å². The Balaban J connectivity index is 2.44. The molecule has 0 radical (unpaired) electrons. The summed E-state index contributed by atoms with van der Waals surface area (Å²) in [6, 6.07) is 3.44. The summed E-state index contributed by atoms with van der Waals surface area (Å²) < 4.78 is 0.690. The number of aromatic nitrogens is 1. The number of aliphatic carboxylic acids is 1. The van der Waals surface area contributed by atoms with Gasteiger partial charge in [-0.1, -0.05) is 6.92 Å². The van der Waals surface area contributed by atoms with Crippen molar-refractivity contribution in [1.82, 2.24) is 4.98 Å². The minimum atomic E-state index is -0.893. The Morgan fingerprint density at radius 1 is 1.47 bits per heavy atom. The van der Waals surface area contributed by atoms with E-state index >= 15 is 0 Å². The van der Waals surface area contributed by atoms with Gasteiger partial charge in [0.05, 0.1) is 11.9 Å². The van der Waals surface area contributed by atoms with Gasteiger partial charge in [-0.25, -0.2) is 4.98 Å². The minimum absolute atomic E-state index is 0.00793. The topological polar surface area (TPSA) is 79.3 Å². The van der Waals surface area contributed by atoms with Gasteiger partial charge in [0.25, 0.3) is 0 Å². The van der Waals surface area contributed by atoms with E-state index in [4.69, 9.17) is 5.11 Å². The third kappa shape index (κ3) is 5.44. The highest BCUT2D eigenvalue weighted by molar-refractivity contribution is 9.10. The summed E-state index contributed by atoms with van der Waals surface area (Å²) in [5, 5.41) is 11.2. The van der Waals surface area contributed by atoms with E-state index in [0.29, 0.717) is 10.3 Å². The van der Waals surface area contributed by atoms with Crippen LogP contribution >= 0.6 is 15.9 Å². The van der Waals surface area contributed by atoms with E-state index in [1.165, 1.54) is 6.20 Å². The number of carbonyl (C=O) groups excluding carboxylic acids is 1. The van der Waals surface area contributed by atoms with Gasteiger partial charge in [-0.2, -0.15) is 0 Å². The number of hydrogen-bond donors (Lipinski definition) is 2. The lowest BCUT2D eigenvalue weighted by molar-refractivity contribution is -0.138. The van der Waals surface area contributed by atoms with Crippen LogP contribution in [-0.4, -0.2) is 22.0 Å². The van der Waals surface area contributed by atoms with Crippen molar-refractivity contribution >= 4 is 33.5 Å². The number of carbonyl (C=O) groups is 2. The highest BCUT2D eigenvalue weighted by Crippen LogP contribution is 2.13. The monoisotopic (exact) mass is 300 g/mol. The highest BCUT2D eigenvalue weighted by Gasteiger charge is 2.12. The lowest BCUT2D eigenvalue weighted by Gasteiger charge is -2.09. The Morgan fingerprint density at radius 2 is 2.18 bits per heavy atom. The molecule has 0 saturated heterocycles. The fourth-order valence-corrected chi connectivity index (χ4v) is 1.58. The highest BCUT2D eigenvalue weighted by atomic mass is 79.9. The second-order valence-electron chi connectivity index (χ2n) is 3.82. The van der Waals surface area contributed by atoms with Crippen molar-refractivity contribution in [1.29, 1.82) is 0 Å². The fraction of sp³-hybridized carbons (Fsp3) is 0.364. The van der Waals surface area contributed by atoms with E-state index in [-0.39, 0.29) is 24.7 Å². The van der Waals surface area contributed by atoms with Gasteiger partial charge in [0, 0.05) is 12.8 Å². The normalized spacial score (nSPS) is 11.9. The molecule has 0 fully saturated rings. The molecule has 17 heavy (non-hydrogen) atoms. The van der Waals surface area contributed by atoms with Crippen LogP contribution in [-0.2, 0) is 9.59 Å². The Labute approximate surface area is 107 Å². The number of carboxylic acid groups (broad SMARTS) is 1. The van der Waals surface area contributed by atoms with Crippen molar-refractivity contribution in [3.8, 4) is 0 Å². The molecule has 1 amide bonds. The number of nitrogens with one attached hydrogen (secondary N) is 1. The molecule has 5 nitrogen and oxygen atoms in total. The van der Waals surface area contributed by atoms with Crippen LogP contribution in [0.4, 0.5) is 5.69 Å². The average molecular weight is 301 g/mol. The zero-order valence-corrected chi connectivity index (χ0v) is 10.9. The smallest absolute Gasteiger partial charge is 0.303 e. The van der Waals surface area contributed by atoms with Crippen LogP contribution < -0.4 is 5.32 Å². The Morgan fingerprint density at radius 3 is 2.71 bits per heavy atom. The van der Waals surface area contributed by atoms with Crippen molar-refractivity contribution in [3.05, 3.63) is 22.9 Å². The molecule has 0 aromatic carbocycles. The molecule has 0 aliphatic carbocycles. The first-order valence-corrected chi connectivity index (χ1v) is 5.90. The molecule has 0 bridgehead atoms. The largest absolute Gasteiger partial charge is 0.481 e. The summed E-state index contributed by atoms with van der Waals surface area (Å²) in [5.74, 6) is -1.28. The van der Waals surface area contributed by atoms with Gasteiger partial charge in [0.1, 0.15) is 4.60 Å². The minimum Gasteiger partial charge on any atom is -0.481 e. The van der Waals surface area contributed by atoms with Gasteiger partial charge in [-0.05, 0) is 34.0 Å². The summed E-state index contributed by atoms with van der Waals surface area (Å²) in [5.41, 5.74) is 0.598. The van der Waals surface area contributed by atoms with Crippen LogP contribution in [0.3, 0.4) is 0 Å². The first-order chi connectivity index (χ1) is 7.97. The molecule has 0 aliphatic heterocycles. The number of amides is 1. The van der Waals surface area contributed by atoms with E-state index in [9.17, 15) is 9.59 Å². The number of halogens is 1. The van der Waals surface area contributed by atoms with Crippen LogP contribution in [0.1, 0.15) is 19.8 Å². The first-order valence-electron chi connectivity index (χ1n) is 5.10. The van der Waals surface area contributed by atoms with Gasteiger partial charge in [-0.3, -0.25) is 9.59 Å². The van der Waals surface area contributed by atoms with Crippen molar-refractivity contribution < 1.29 is 14.7 Å². The second kappa shape index (κ2) is 6.34. The third-order valence-corrected chi connectivity index (χ3v) is 2.54. The molecule has 0 spiro atoms. The number of carboxylic acids is 1. The molecular formula is C11H13BrN2O3. The lowest BCUT2D eigenvalue weighted by atomic mass is 10.0. The maximum absolute atomic E-state index is 11.5. The standard InChI is InChI=1S/C11H13BrN2O3/c1-7(5-11(16)17)4-10(15)14-8-2-3-9(12)13-6-8/h2-3,6-7H,4-5H2,1H3,(H,14,15)(H,16,17). The Bertz CT molecular complexity index is 406. The predicted molar refractivity (Wildman–Crippen MR) is 66.6 cm³/mol. The fourth-order valence-electron chi connectivity index (χ4n) is 1.35. The summed E-state index contributed by atoms with van der Waals surface area (Å²) in [4.78, 5) is 26.0. The van der Waals surface area contributed by atoms with Gasteiger partial charge < -0.3 is 10.4 Å². The van der Waals surface area contributed by atoms with Gasteiger partial charge in [-0.15, -0.1) is 0 Å². The summed E-state index contributed by atoms with van der Waals surface area (Å²) in [6.07, 6.45) is 1.71. The van der Waals surface area contributed by atoms with Crippen molar-refractivity contribution in [2.75, 3.05) is 5.32 Å². The van der Waals surface area contributed by atoms with Crippen molar-refractivity contribution in [2.45, 2.75) is 19.8 Å². The predicted octanol–water partition coefficient (Wildman–Crippen LogP) is 2.28. The van der Waals surface area contributed by atoms with Gasteiger partial charge in [0.15, 0.2) is 0 Å². The van der Waals surface area contributed by atoms with Gasteiger partial charge >= 0.3 is 5.97 Å². The Hall–Kier alpha value is -1.43. The second-order valence-corrected chi connectivity index (χ2v) is 4.64. The number of pyridine rings is 1. The first kappa shape index (κ1) is 13.6. The maximum Gasteiger partial charge on any atom is 0.303 e. The SMILES string of the molecule is CC(CC(=O)O)CC(=O)Nc1ccc(Br)nc1. The number of hydrogen-bond acceptors (Lipinski definition) is 3. The van der Waals surface area contributed by atoms with E-state index in [1.807, 2.05) is 0 Å². The lowest BCUT2D eigenvalue weighted by Crippen LogP contribution is -2.17. The van der Waals surface area contributed by atoms with E-state index in [2.05, 4.69) is 26.2 Å². The summed E-state index contributed by atoms with van der Waals surface area (Å²) in [7, 11) is 0. The number of nitrogens with zero attached hydrogens (tertiary/aromatic N) is 1. The molecule has 1 atom stereocenters. The molecule has 0 saturated carbocycles. The molecule has 1 unspecified atom stereocenters. The quantitative estimate of drug-likeness (QED) is 0.818. The molecule has 1 heterocycles. The van der Waals surface area contributed by atoms with Crippen LogP contribution in [0.15, 0.2) is 22.9 Å². The van der Waals surface area contributed by atoms with Crippen LogP contribution in [0.2, 0.25) is 0 Å². The zero-order valence-electron chi connectivity index (χ0n) is 9.31. The zero-order chi connectivity index (χ0) is 12.8. The summed E-state index contributed by atoms with van der Waals surface area (Å²) in [6.45, 7) is 1.73. The maximum atomic E-state index is 11.5. The van der Waals surface area contributed by atoms with E-state index in [0.717, 1.165) is 0 Å². The summed E-state index contributed by atoms with van der Waals surface area (Å²) >= 11 is 3.19. The average Bonchev–Trinajstić information content (AvgIpc) is 2.19. The molecule has 1 aromatic rings.